The molecule has 0 unspecified atom stereocenters. The molecule has 1 heterocycles. The van der Waals surface area contributed by atoms with Crippen LogP contribution in [0.2, 0.25) is 0 Å². The van der Waals surface area contributed by atoms with E-state index in [0.717, 1.165) is 0 Å². The smallest absolute Gasteiger partial charge is 0.343 e. The summed E-state index contributed by atoms with van der Waals surface area (Å²) in [4.78, 5) is 35.4. The summed E-state index contributed by atoms with van der Waals surface area (Å²) in [5.74, 6) is -3.12. The number of ether oxygens (including phenoxy) is 4. The van der Waals surface area contributed by atoms with Gasteiger partial charge in [-0.3, -0.25) is 0 Å². The highest BCUT2D eigenvalue weighted by atomic mass is 16.7. The first-order chi connectivity index (χ1) is 10.8. The van der Waals surface area contributed by atoms with Gasteiger partial charge in [-0.2, -0.15) is 0 Å². The van der Waals surface area contributed by atoms with Gasteiger partial charge in [0.25, 0.3) is 5.79 Å². The number of hydrogen-bond donors (Lipinski definition) is 1. The molecule has 0 radical (unpaired) electrons. The van der Waals surface area contributed by atoms with Crippen LogP contribution in [0.5, 0.6) is 5.75 Å². The second kappa shape index (κ2) is 6.15. The largest absolute Gasteiger partial charge is 0.496 e. The molecule has 0 saturated carbocycles. The second-order valence-electron chi connectivity index (χ2n) is 5.23. The van der Waals surface area contributed by atoms with E-state index in [1.165, 1.54) is 46.3 Å². The normalized spacial score (nSPS) is 17.0. The molecule has 0 aromatic heterocycles. The number of cyclic esters (lactones) is 2. The van der Waals surface area contributed by atoms with Crippen LogP contribution in [0.4, 0.5) is 5.69 Å². The summed E-state index contributed by atoms with van der Waals surface area (Å²) in [6.07, 6.45) is 0. The van der Waals surface area contributed by atoms with E-state index < -0.39 is 29.7 Å². The molecule has 0 atom stereocenters. The minimum absolute atomic E-state index is 0.218. The van der Waals surface area contributed by atoms with E-state index >= 15 is 0 Å². The molecule has 8 heteroatoms. The van der Waals surface area contributed by atoms with Gasteiger partial charge in [-0.05, 0) is 12.1 Å². The number of benzene rings is 1. The van der Waals surface area contributed by atoms with Crippen molar-refractivity contribution in [2.75, 3.05) is 19.5 Å². The Kier molecular flexibility index (Phi) is 4.44. The number of carbonyl (C=O) groups excluding carboxylic acids is 3. The van der Waals surface area contributed by atoms with E-state index in [4.69, 9.17) is 14.2 Å². The van der Waals surface area contributed by atoms with Crippen molar-refractivity contribution in [2.45, 2.75) is 25.7 Å². The van der Waals surface area contributed by atoms with Crippen LogP contribution >= 0.6 is 0 Å². The van der Waals surface area contributed by atoms with Gasteiger partial charge in [0.2, 0.25) is 6.04 Å². The van der Waals surface area contributed by atoms with E-state index in [0.29, 0.717) is 5.69 Å². The van der Waals surface area contributed by atoms with Crippen LogP contribution in [0.15, 0.2) is 18.2 Å². The Morgan fingerprint density at radius 3 is 2.30 bits per heavy atom. The molecule has 0 bridgehead atoms. The van der Waals surface area contributed by atoms with Crippen molar-refractivity contribution in [3.8, 4) is 5.75 Å². The summed E-state index contributed by atoms with van der Waals surface area (Å²) in [7, 11) is 2.64. The molecule has 1 aromatic carbocycles. The lowest BCUT2D eigenvalue weighted by atomic mass is 10.1. The van der Waals surface area contributed by atoms with Crippen molar-refractivity contribution in [1.82, 2.24) is 0 Å². The van der Waals surface area contributed by atoms with Gasteiger partial charge in [0.15, 0.2) is 0 Å². The lowest BCUT2D eigenvalue weighted by Crippen LogP contribution is -2.52. The number of esters is 3. The van der Waals surface area contributed by atoms with Gasteiger partial charge in [0.05, 0.1) is 14.2 Å². The molecular weight excluding hydrogens is 306 g/mol. The van der Waals surface area contributed by atoms with Gasteiger partial charge in [0.1, 0.15) is 11.3 Å². The Balaban J connectivity index is 2.22. The summed E-state index contributed by atoms with van der Waals surface area (Å²) in [5, 5.41) is 2.70. The van der Waals surface area contributed by atoms with Crippen LogP contribution in [0.3, 0.4) is 0 Å². The number of hydrogen-bond acceptors (Lipinski definition) is 8. The zero-order chi connectivity index (χ0) is 17.2. The molecule has 0 spiro atoms. The molecule has 1 aliphatic rings. The zero-order valence-corrected chi connectivity index (χ0v) is 13.2. The monoisotopic (exact) mass is 323 g/mol. The van der Waals surface area contributed by atoms with Crippen molar-refractivity contribution in [2.24, 2.45) is 0 Å². The maximum atomic E-state index is 11.9. The molecule has 23 heavy (non-hydrogen) atoms. The Morgan fingerprint density at radius 2 is 1.78 bits per heavy atom. The average molecular weight is 323 g/mol. The van der Waals surface area contributed by atoms with E-state index in [1.807, 2.05) is 0 Å². The summed E-state index contributed by atoms with van der Waals surface area (Å²) < 4.78 is 19.8. The number of anilines is 1. The van der Waals surface area contributed by atoms with E-state index in [2.05, 4.69) is 10.1 Å². The first-order valence-electron chi connectivity index (χ1n) is 6.76. The quantitative estimate of drug-likeness (QED) is 0.649. The number of carbonyl (C=O) groups is 3. The fraction of sp³-hybridized carbons (Fsp3) is 0.400. The Hall–Kier alpha value is -2.77. The van der Waals surface area contributed by atoms with E-state index in [1.54, 1.807) is 0 Å². The Labute approximate surface area is 132 Å². The fourth-order valence-corrected chi connectivity index (χ4v) is 2.06. The third-order valence-corrected chi connectivity index (χ3v) is 3.08. The Bertz CT molecular complexity index is 633. The van der Waals surface area contributed by atoms with Crippen LogP contribution in [-0.2, 0) is 23.8 Å². The zero-order valence-electron chi connectivity index (χ0n) is 13.2. The first-order valence-corrected chi connectivity index (χ1v) is 6.76. The van der Waals surface area contributed by atoms with Gasteiger partial charge in [0, 0.05) is 25.6 Å². The predicted molar refractivity (Wildman–Crippen MR) is 78.0 cm³/mol. The molecule has 1 fully saturated rings. The average Bonchev–Trinajstić information content (AvgIpc) is 2.49. The molecule has 1 N–H and O–H groups in total. The van der Waals surface area contributed by atoms with Crippen LogP contribution in [0.1, 0.15) is 24.2 Å². The van der Waals surface area contributed by atoms with Crippen LogP contribution < -0.4 is 10.1 Å². The number of rotatable bonds is 4. The molecule has 124 valence electrons. The third kappa shape index (κ3) is 3.53. The van der Waals surface area contributed by atoms with Gasteiger partial charge in [-0.15, -0.1) is 0 Å². The van der Waals surface area contributed by atoms with Crippen molar-refractivity contribution >= 4 is 23.6 Å². The summed E-state index contributed by atoms with van der Waals surface area (Å²) in [5.41, 5.74) is 0.601. The van der Waals surface area contributed by atoms with Crippen molar-refractivity contribution < 1.29 is 33.3 Å². The fourth-order valence-electron chi connectivity index (χ4n) is 2.06. The molecule has 2 rings (SSSR count). The topological polar surface area (TPSA) is 100 Å². The van der Waals surface area contributed by atoms with Gasteiger partial charge in [-0.1, -0.05) is 0 Å². The lowest BCUT2D eigenvalue weighted by molar-refractivity contribution is -0.232. The molecule has 0 aliphatic carbocycles. The van der Waals surface area contributed by atoms with E-state index in [-0.39, 0.29) is 11.3 Å². The standard InChI is InChI=1S/C15H17NO7/c1-15(2)22-13(18)11(14(19)23-15)16-8-5-6-9(12(17)21-4)10(7-8)20-3/h5-7,11,16H,1-4H3. The van der Waals surface area contributed by atoms with Crippen molar-refractivity contribution in [3.05, 3.63) is 23.8 Å². The summed E-state index contributed by atoms with van der Waals surface area (Å²) >= 11 is 0. The van der Waals surface area contributed by atoms with Crippen molar-refractivity contribution in [1.29, 1.82) is 0 Å². The molecule has 8 nitrogen and oxygen atoms in total. The SMILES string of the molecule is COC(=O)c1ccc(NC2C(=O)OC(C)(C)OC2=O)cc1OC. The minimum atomic E-state index is -1.29. The number of methoxy groups -OCH3 is 2. The van der Waals surface area contributed by atoms with Gasteiger partial charge in [-0.25, -0.2) is 14.4 Å². The highest BCUT2D eigenvalue weighted by molar-refractivity contribution is 6.03. The maximum Gasteiger partial charge on any atom is 0.343 e. The third-order valence-electron chi connectivity index (χ3n) is 3.08. The van der Waals surface area contributed by atoms with Crippen LogP contribution in [0, 0.1) is 0 Å². The first kappa shape index (κ1) is 16.6. The number of nitrogens with one attached hydrogen (secondary N) is 1. The highest BCUT2D eigenvalue weighted by Crippen LogP contribution is 2.26. The van der Waals surface area contributed by atoms with Gasteiger partial charge < -0.3 is 24.3 Å². The van der Waals surface area contributed by atoms with Crippen LogP contribution in [-0.4, -0.2) is 44.0 Å². The molecule has 1 aromatic rings. The van der Waals surface area contributed by atoms with Crippen molar-refractivity contribution in [3.63, 3.8) is 0 Å². The Morgan fingerprint density at radius 1 is 1.17 bits per heavy atom. The van der Waals surface area contributed by atoms with Crippen LogP contribution in [0.25, 0.3) is 0 Å². The molecular formula is C15H17NO7. The molecule has 1 aliphatic heterocycles. The lowest BCUT2D eigenvalue weighted by Gasteiger charge is -2.33. The van der Waals surface area contributed by atoms with Gasteiger partial charge >= 0.3 is 17.9 Å². The second-order valence-corrected chi connectivity index (χ2v) is 5.23. The summed E-state index contributed by atoms with van der Waals surface area (Å²) in [6.45, 7) is 2.93. The van der Waals surface area contributed by atoms with E-state index in [9.17, 15) is 14.4 Å². The molecule has 1 saturated heterocycles. The predicted octanol–water partition coefficient (Wildman–Crippen LogP) is 1.10. The summed E-state index contributed by atoms with van der Waals surface area (Å²) in [6, 6.07) is 3.13. The highest BCUT2D eigenvalue weighted by Gasteiger charge is 2.43. The maximum absolute atomic E-state index is 11.9. The minimum Gasteiger partial charge on any atom is -0.496 e. The molecule has 0 amide bonds.